The van der Waals surface area contributed by atoms with E-state index in [1.54, 1.807) is 31.4 Å². The summed E-state index contributed by atoms with van der Waals surface area (Å²) in [7, 11) is 1.54. The normalized spacial score (nSPS) is 11.3. The number of hydrogen-bond donors (Lipinski definition) is 0. The zero-order valence-electron chi connectivity index (χ0n) is 10.7. The molecule has 0 aliphatic rings. The van der Waals surface area contributed by atoms with Crippen molar-refractivity contribution in [3.05, 3.63) is 45.3 Å². The van der Waals surface area contributed by atoms with Gasteiger partial charge in [-0.05, 0) is 42.0 Å². The van der Waals surface area contributed by atoms with Crippen molar-refractivity contribution >= 4 is 31.9 Å². The third kappa shape index (κ3) is 4.14. The molecule has 0 bridgehead atoms. The summed E-state index contributed by atoms with van der Waals surface area (Å²) < 4.78 is 46.9. The lowest BCUT2D eigenvalue weighted by atomic mass is 10.1. The molecule has 0 aliphatic heterocycles. The van der Waals surface area contributed by atoms with Gasteiger partial charge in [-0.25, -0.2) is 0 Å². The standard InChI is InChI=1S/C14H9Br2F3O2/c1-20-8-3-5-12(15)11(6-8)10-4-2-9(7-13(10)16)21-14(17,18)19/h2-7H,1H3. The van der Waals surface area contributed by atoms with Crippen LogP contribution in [0.5, 0.6) is 11.5 Å². The van der Waals surface area contributed by atoms with Crippen molar-refractivity contribution in [1.29, 1.82) is 0 Å². The summed E-state index contributed by atoms with van der Waals surface area (Å²) in [5, 5.41) is 0. The van der Waals surface area contributed by atoms with Gasteiger partial charge in [0.05, 0.1) is 7.11 Å². The monoisotopic (exact) mass is 424 g/mol. The van der Waals surface area contributed by atoms with E-state index in [1.807, 2.05) is 0 Å². The van der Waals surface area contributed by atoms with Crippen molar-refractivity contribution in [2.45, 2.75) is 6.36 Å². The van der Waals surface area contributed by atoms with Crippen LogP contribution in [0.4, 0.5) is 13.2 Å². The van der Waals surface area contributed by atoms with Gasteiger partial charge in [0, 0.05) is 14.5 Å². The third-order valence-corrected chi connectivity index (χ3v) is 3.99. The second-order valence-corrected chi connectivity index (χ2v) is 5.74. The minimum absolute atomic E-state index is 0.280. The largest absolute Gasteiger partial charge is 0.573 e. The molecular formula is C14H9Br2F3O2. The molecule has 0 saturated heterocycles. The molecule has 2 nitrogen and oxygen atoms in total. The second kappa shape index (κ2) is 6.27. The molecule has 0 heterocycles. The first kappa shape index (κ1) is 16.2. The van der Waals surface area contributed by atoms with Gasteiger partial charge in [-0.2, -0.15) is 0 Å². The molecule has 7 heteroatoms. The molecule has 2 aromatic carbocycles. The molecule has 2 aromatic rings. The molecule has 0 spiro atoms. The Labute approximate surface area is 136 Å². The predicted molar refractivity (Wildman–Crippen MR) is 80.5 cm³/mol. The van der Waals surface area contributed by atoms with E-state index in [0.29, 0.717) is 10.2 Å². The van der Waals surface area contributed by atoms with E-state index in [2.05, 4.69) is 36.6 Å². The number of halogens is 5. The van der Waals surface area contributed by atoms with Gasteiger partial charge in [0.15, 0.2) is 0 Å². The first-order valence-corrected chi connectivity index (χ1v) is 7.28. The van der Waals surface area contributed by atoms with Gasteiger partial charge in [0.25, 0.3) is 0 Å². The smallest absolute Gasteiger partial charge is 0.497 e. The van der Waals surface area contributed by atoms with Crippen LogP contribution in [-0.4, -0.2) is 13.5 Å². The van der Waals surface area contributed by atoms with Crippen LogP contribution in [-0.2, 0) is 0 Å². The van der Waals surface area contributed by atoms with Gasteiger partial charge >= 0.3 is 6.36 Å². The Morgan fingerprint density at radius 2 is 1.52 bits per heavy atom. The number of alkyl halides is 3. The SMILES string of the molecule is COc1ccc(Br)c(-c2ccc(OC(F)(F)F)cc2Br)c1. The Kier molecular flexibility index (Phi) is 4.83. The summed E-state index contributed by atoms with van der Waals surface area (Å²) in [4.78, 5) is 0. The molecule has 0 fully saturated rings. The molecule has 0 aromatic heterocycles. The Morgan fingerprint density at radius 1 is 0.857 bits per heavy atom. The minimum atomic E-state index is -4.71. The summed E-state index contributed by atoms with van der Waals surface area (Å²) in [6.07, 6.45) is -4.71. The van der Waals surface area contributed by atoms with Crippen LogP contribution in [0.1, 0.15) is 0 Å². The summed E-state index contributed by atoms with van der Waals surface area (Å²) >= 11 is 6.67. The molecular weight excluding hydrogens is 417 g/mol. The van der Waals surface area contributed by atoms with E-state index in [4.69, 9.17) is 4.74 Å². The summed E-state index contributed by atoms with van der Waals surface area (Å²) in [5.74, 6) is 0.368. The van der Waals surface area contributed by atoms with Crippen molar-refractivity contribution in [1.82, 2.24) is 0 Å². The Bertz CT molecular complexity index is 657. The molecule has 0 radical (unpaired) electrons. The topological polar surface area (TPSA) is 18.5 Å². The van der Waals surface area contributed by atoms with Crippen LogP contribution in [0.25, 0.3) is 11.1 Å². The number of ether oxygens (including phenoxy) is 2. The summed E-state index contributed by atoms with van der Waals surface area (Å²) in [6, 6.07) is 9.46. The van der Waals surface area contributed by atoms with Crippen LogP contribution < -0.4 is 9.47 Å². The van der Waals surface area contributed by atoms with Gasteiger partial charge in [0.2, 0.25) is 0 Å². The number of benzene rings is 2. The Balaban J connectivity index is 2.42. The molecule has 0 saturated carbocycles. The second-order valence-electron chi connectivity index (χ2n) is 4.04. The fourth-order valence-corrected chi connectivity index (χ4v) is 2.78. The van der Waals surface area contributed by atoms with E-state index in [-0.39, 0.29) is 5.75 Å². The summed E-state index contributed by atoms with van der Waals surface area (Å²) in [5.41, 5.74) is 1.51. The maximum atomic E-state index is 12.2. The quantitative estimate of drug-likeness (QED) is 0.620. The highest BCUT2D eigenvalue weighted by Gasteiger charge is 2.31. The zero-order valence-corrected chi connectivity index (χ0v) is 13.8. The lowest BCUT2D eigenvalue weighted by Gasteiger charge is -2.12. The highest BCUT2D eigenvalue weighted by atomic mass is 79.9. The number of rotatable bonds is 3. The lowest BCUT2D eigenvalue weighted by Crippen LogP contribution is -2.17. The maximum absolute atomic E-state index is 12.2. The fourth-order valence-electron chi connectivity index (χ4n) is 1.75. The zero-order chi connectivity index (χ0) is 15.6. The van der Waals surface area contributed by atoms with Crippen LogP contribution in [0.15, 0.2) is 45.3 Å². The van der Waals surface area contributed by atoms with Gasteiger partial charge in [-0.1, -0.05) is 31.9 Å². The average Bonchev–Trinajstić information content (AvgIpc) is 2.38. The van der Waals surface area contributed by atoms with Crippen molar-refractivity contribution in [2.75, 3.05) is 7.11 Å². The summed E-state index contributed by atoms with van der Waals surface area (Å²) in [6.45, 7) is 0. The lowest BCUT2D eigenvalue weighted by molar-refractivity contribution is -0.274. The van der Waals surface area contributed by atoms with Gasteiger partial charge in [-0.15, -0.1) is 13.2 Å². The molecule has 0 unspecified atom stereocenters. The van der Waals surface area contributed by atoms with E-state index in [9.17, 15) is 13.2 Å². The predicted octanol–water partition coefficient (Wildman–Crippen LogP) is 5.79. The van der Waals surface area contributed by atoms with Crippen LogP contribution in [0, 0.1) is 0 Å². The number of hydrogen-bond acceptors (Lipinski definition) is 2. The van der Waals surface area contributed by atoms with E-state index in [0.717, 1.165) is 15.6 Å². The van der Waals surface area contributed by atoms with Gasteiger partial charge in [0.1, 0.15) is 11.5 Å². The number of methoxy groups -OCH3 is 1. The molecule has 112 valence electrons. The fraction of sp³-hybridized carbons (Fsp3) is 0.143. The molecule has 0 aliphatic carbocycles. The molecule has 0 N–H and O–H groups in total. The highest BCUT2D eigenvalue weighted by Crippen LogP contribution is 2.38. The average molecular weight is 426 g/mol. The first-order chi connectivity index (χ1) is 9.80. The van der Waals surface area contributed by atoms with Crippen molar-refractivity contribution in [2.24, 2.45) is 0 Å². The Hall–Kier alpha value is -1.21. The maximum Gasteiger partial charge on any atom is 0.573 e. The van der Waals surface area contributed by atoms with Crippen molar-refractivity contribution in [3.8, 4) is 22.6 Å². The first-order valence-electron chi connectivity index (χ1n) is 5.69. The van der Waals surface area contributed by atoms with Crippen LogP contribution in [0.2, 0.25) is 0 Å². The van der Waals surface area contributed by atoms with Crippen molar-refractivity contribution in [3.63, 3.8) is 0 Å². The van der Waals surface area contributed by atoms with Gasteiger partial charge in [-0.3, -0.25) is 0 Å². The molecule has 21 heavy (non-hydrogen) atoms. The van der Waals surface area contributed by atoms with E-state index in [1.165, 1.54) is 12.1 Å². The minimum Gasteiger partial charge on any atom is -0.497 e. The van der Waals surface area contributed by atoms with Crippen molar-refractivity contribution < 1.29 is 22.6 Å². The molecule has 0 amide bonds. The highest BCUT2D eigenvalue weighted by molar-refractivity contribution is 9.11. The van der Waals surface area contributed by atoms with Gasteiger partial charge < -0.3 is 9.47 Å². The van der Waals surface area contributed by atoms with E-state index < -0.39 is 6.36 Å². The third-order valence-electron chi connectivity index (χ3n) is 2.64. The molecule has 2 rings (SSSR count). The van der Waals surface area contributed by atoms with Crippen LogP contribution >= 0.6 is 31.9 Å². The van der Waals surface area contributed by atoms with Crippen LogP contribution in [0.3, 0.4) is 0 Å². The molecule has 0 atom stereocenters. The van der Waals surface area contributed by atoms with E-state index >= 15 is 0 Å². The Morgan fingerprint density at radius 3 is 2.10 bits per heavy atom.